The van der Waals surface area contributed by atoms with E-state index in [2.05, 4.69) is 24.2 Å². The number of amides is 2. The summed E-state index contributed by atoms with van der Waals surface area (Å²) in [5.74, 6) is -2.36. The van der Waals surface area contributed by atoms with Crippen LogP contribution in [-0.4, -0.2) is 69.6 Å². The molecule has 0 bridgehead atoms. The van der Waals surface area contributed by atoms with Gasteiger partial charge < -0.3 is 21.4 Å². The molecule has 15 heteroatoms. The number of carboxylic acids is 1. The van der Waals surface area contributed by atoms with Crippen molar-refractivity contribution >= 4 is 69.5 Å². The maximum Gasteiger partial charge on any atom is 0.352 e. The minimum absolute atomic E-state index is 0.0671. The van der Waals surface area contributed by atoms with Crippen molar-refractivity contribution in [3.8, 4) is 0 Å². The maximum atomic E-state index is 12.7. The minimum atomic E-state index is -1.25. The molecule has 5 N–H and O–H groups in total. The Labute approximate surface area is 186 Å². The molecule has 0 aromatic carbocycles. The Bertz CT molecular complexity index is 1140. The average Bonchev–Trinajstić information content (AvgIpc) is 3.42. The number of nitrogens with one attached hydrogen (secondary N) is 1. The number of nitrogens with zero attached hydrogens (tertiary/aromatic N) is 5. The van der Waals surface area contributed by atoms with Crippen LogP contribution < -0.4 is 11.1 Å². The summed E-state index contributed by atoms with van der Waals surface area (Å²) in [4.78, 5) is 42.1. The molecule has 2 aliphatic heterocycles. The third kappa shape index (κ3) is 3.89. The molecule has 31 heavy (non-hydrogen) atoms. The number of hydrogen-bond donors (Lipinski definition) is 4. The second kappa shape index (κ2) is 8.44. The number of carbonyl (C=O) groups excluding carboxylic acids is 2. The number of nitrogen functional groups attached to an aromatic ring is 1. The molecule has 0 spiro atoms. The highest BCUT2D eigenvalue weighted by Crippen LogP contribution is 2.40. The molecular formula is C16H13N7O5S3. The van der Waals surface area contributed by atoms with Crippen LogP contribution in [0.1, 0.15) is 11.4 Å². The van der Waals surface area contributed by atoms with Crippen LogP contribution in [0.25, 0.3) is 6.08 Å². The lowest BCUT2D eigenvalue weighted by Gasteiger charge is -2.49. The van der Waals surface area contributed by atoms with E-state index >= 15 is 0 Å². The van der Waals surface area contributed by atoms with Crippen molar-refractivity contribution in [1.29, 1.82) is 0 Å². The molecule has 4 rings (SSSR count). The van der Waals surface area contributed by atoms with Gasteiger partial charge in [0.2, 0.25) is 0 Å². The first kappa shape index (κ1) is 21.0. The van der Waals surface area contributed by atoms with Gasteiger partial charge in [0.1, 0.15) is 22.8 Å². The standard InChI is InChI=1S/C16H13N7O5S3/c17-16-19-8(5-30-16)9(21-28)12(24)20-10-13(25)23-11(15(26)27)6(4-29-14(10)23)1-2-7-3-18-31-22-7/h1-3,5,10,14,28H,4H2,(H2,17,19)(H,20,24)(H,26,27)/b2-1-,21-9-/t10-,14-/m1/s1. The first-order chi connectivity index (χ1) is 14.9. The van der Waals surface area contributed by atoms with Crippen LogP contribution in [0.2, 0.25) is 0 Å². The summed E-state index contributed by atoms with van der Waals surface area (Å²) in [5.41, 5.74) is 6.07. The van der Waals surface area contributed by atoms with Gasteiger partial charge >= 0.3 is 5.97 Å². The predicted octanol–water partition coefficient (Wildman–Crippen LogP) is 0.207. The van der Waals surface area contributed by atoms with Gasteiger partial charge in [0.05, 0.1) is 23.6 Å². The molecule has 2 aromatic rings. The van der Waals surface area contributed by atoms with Crippen LogP contribution in [0.5, 0.6) is 0 Å². The number of rotatable bonds is 6. The summed E-state index contributed by atoms with van der Waals surface area (Å²) in [5, 5.41) is 25.3. The first-order valence-corrected chi connectivity index (χ1v) is 11.2. The van der Waals surface area contributed by atoms with Crippen molar-refractivity contribution < 1.29 is 24.7 Å². The number of fused-ring (bicyclic) bond motifs is 1. The molecule has 2 atom stereocenters. The molecule has 1 saturated heterocycles. The van der Waals surface area contributed by atoms with Gasteiger partial charge in [-0.2, -0.15) is 8.75 Å². The number of aliphatic carboxylic acids is 1. The fourth-order valence-electron chi connectivity index (χ4n) is 3.02. The second-order valence-corrected chi connectivity index (χ2v) is 8.78. The molecule has 4 heterocycles. The normalized spacial score (nSPS) is 21.2. The Kier molecular flexibility index (Phi) is 5.71. The number of carbonyl (C=O) groups is 3. The molecule has 2 amide bonds. The molecular weight excluding hydrogens is 466 g/mol. The summed E-state index contributed by atoms with van der Waals surface area (Å²) in [7, 11) is 0. The summed E-state index contributed by atoms with van der Waals surface area (Å²) in [6.45, 7) is 0. The van der Waals surface area contributed by atoms with Crippen LogP contribution in [0.15, 0.2) is 34.1 Å². The fraction of sp³-hybridized carbons (Fsp3) is 0.188. The van der Waals surface area contributed by atoms with Crippen molar-refractivity contribution in [3.05, 3.63) is 40.3 Å². The fourth-order valence-corrected chi connectivity index (χ4v) is 5.29. The Balaban J connectivity index is 1.52. The van der Waals surface area contributed by atoms with Crippen molar-refractivity contribution in [2.75, 3.05) is 11.5 Å². The Morgan fingerprint density at radius 3 is 2.81 bits per heavy atom. The highest BCUT2D eigenvalue weighted by atomic mass is 32.2. The summed E-state index contributed by atoms with van der Waals surface area (Å²) in [6, 6.07) is -0.979. The van der Waals surface area contributed by atoms with E-state index in [1.54, 1.807) is 12.2 Å². The highest BCUT2D eigenvalue weighted by molar-refractivity contribution is 8.00. The lowest BCUT2D eigenvalue weighted by atomic mass is 10.0. The van der Waals surface area contributed by atoms with Gasteiger partial charge in [-0.05, 0) is 11.6 Å². The van der Waals surface area contributed by atoms with Crippen molar-refractivity contribution in [1.82, 2.24) is 23.9 Å². The summed E-state index contributed by atoms with van der Waals surface area (Å²) >= 11 is 3.38. The number of oxime groups is 1. The first-order valence-electron chi connectivity index (χ1n) is 8.51. The highest BCUT2D eigenvalue weighted by Gasteiger charge is 2.54. The molecule has 0 unspecified atom stereocenters. The Hall–Kier alpha value is -3.30. The number of nitrogens with two attached hydrogens (primary N) is 1. The smallest absolute Gasteiger partial charge is 0.352 e. The molecule has 12 nitrogen and oxygen atoms in total. The summed E-state index contributed by atoms with van der Waals surface area (Å²) < 4.78 is 7.90. The molecule has 0 saturated carbocycles. The number of carboxylic acid groups (broad SMARTS) is 1. The van der Waals surface area contributed by atoms with Crippen LogP contribution >= 0.6 is 34.8 Å². The van der Waals surface area contributed by atoms with Gasteiger partial charge in [0, 0.05) is 11.1 Å². The molecule has 2 aromatic heterocycles. The van der Waals surface area contributed by atoms with Crippen molar-refractivity contribution in [3.63, 3.8) is 0 Å². The van der Waals surface area contributed by atoms with E-state index in [1.807, 2.05) is 0 Å². The van der Waals surface area contributed by atoms with Crippen LogP contribution in [-0.2, 0) is 14.4 Å². The predicted molar refractivity (Wildman–Crippen MR) is 113 cm³/mol. The number of thioether (sulfide) groups is 1. The van der Waals surface area contributed by atoms with Gasteiger partial charge in [-0.3, -0.25) is 14.5 Å². The lowest BCUT2D eigenvalue weighted by molar-refractivity contribution is -0.150. The van der Waals surface area contributed by atoms with Crippen LogP contribution in [0, 0.1) is 0 Å². The SMILES string of the molecule is Nc1nc(/C(=N/O)C(=O)N[C@@H]2C(=O)N3C(C(=O)O)=C(/C=C\c4cnsn4)CS[C@H]23)cs1. The minimum Gasteiger partial charge on any atom is -0.477 e. The van der Waals surface area contributed by atoms with Gasteiger partial charge in [-0.1, -0.05) is 11.2 Å². The number of anilines is 1. The van der Waals surface area contributed by atoms with Gasteiger partial charge in [0.25, 0.3) is 11.8 Å². The van der Waals surface area contributed by atoms with Crippen molar-refractivity contribution in [2.45, 2.75) is 11.4 Å². The van der Waals surface area contributed by atoms with E-state index in [0.29, 0.717) is 17.0 Å². The summed E-state index contributed by atoms with van der Waals surface area (Å²) in [6.07, 6.45) is 4.75. The molecule has 2 aliphatic rings. The van der Waals surface area contributed by atoms with Gasteiger partial charge in [0.15, 0.2) is 10.8 Å². The van der Waals surface area contributed by atoms with E-state index < -0.39 is 34.9 Å². The third-order valence-electron chi connectivity index (χ3n) is 4.40. The zero-order valence-electron chi connectivity index (χ0n) is 15.3. The average molecular weight is 480 g/mol. The number of hydrogen-bond acceptors (Lipinski definition) is 12. The van der Waals surface area contributed by atoms with E-state index in [1.165, 1.54) is 23.3 Å². The van der Waals surface area contributed by atoms with E-state index in [9.17, 15) is 24.7 Å². The Morgan fingerprint density at radius 1 is 1.39 bits per heavy atom. The molecule has 160 valence electrons. The number of β-lactam (4-membered cyclic amide) rings is 1. The number of thiazole rings is 1. The van der Waals surface area contributed by atoms with E-state index in [0.717, 1.165) is 28.0 Å². The third-order valence-corrected chi connectivity index (χ3v) is 6.87. The van der Waals surface area contributed by atoms with Crippen molar-refractivity contribution in [2.24, 2.45) is 5.16 Å². The maximum absolute atomic E-state index is 12.7. The van der Waals surface area contributed by atoms with Crippen LogP contribution in [0.3, 0.4) is 0 Å². The topological polar surface area (TPSA) is 184 Å². The number of allylic oxidation sites excluding steroid dienone is 1. The number of aromatic nitrogens is 3. The molecule has 1 fully saturated rings. The van der Waals surface area contributed by atoms with E-state index in [4.69, 9.17) is 5.73 Å². The quantitative estimate of drug-likeness (QED) is 0.193. The Morgan fingerprint density at radius 2 is 2.19 bits per heavy atom. The largest absolute Gasteiger partial charge is 0.477 e. The zero-order valence-corrected chi connectivity index (χ0v) is 17.8. The second-order valence-electron chi connectivity index (χ2n) is 6.23. The van der Waals surface area contributed by atoms with Gasteiger partial charge in [-0.25, -0.2) is 9.78 Å². The van der Waals surface area contributed by atoms with Gasteiger partial charge in [-0.15, -0.1) is 23.1 Å². The van der Waals surface area contributed by atoms with Crippen LogP contribution in [0.4, 0.5) is 5.13 Å². The molecule has 0 radical (unpaired) electrons. The molecule has 0 aliphatic carbocycles. The van der Waals surface area contributed by atoms with E-state index in [-0.39, 0.29) is 16.5 Å². The lowest BCUT2D eigenvalue weighted by Crippen LogP contribution is -2.71. The monoisotopic (exact) mass is 479 g/mol. The zero-order chi connectivity index (χ0) is 22.1.